The quantitative estimate of drug-likeness (QED) is 0.221. The highest BCUT2D eigenvalue weighted by atomic mass is 32.2. The van der Waals surface area contributed by atoms with Crippen LogP contribution in [-0.2, 0) is 0 Å². The molecule has 8 rings (SSSR count). The van der Waals surface area contributed by atoms with E-state index in [2.05, 4.69) is 61.0 Å². The van der Waals surface area contributed by atoms with Gasteiger partial charge >= 0.3 is 0 Å². The number of thioether (sulfide) groups is 1. The predicted molar refractivity (Wildman–Crippen MR) is 157 cm³/mol. The summed E-state index contributed by atoms with van der Waals surface area (Å²) in [5, 5.41) is 2.96. The topological polar surface area (TPSA) is 211 Å². The number of oxazole rings is 7. The lowest BCUT2D eigenvalue weighted by Crippen LogP contribution is -2.31. The number of carbonyl (C=O) groups is 1. The van der Waals surface area contributed by atoms with Crippen LogP contribution in [0.15, 0.2) is 68.5 Å². The fourth-order valence-corrected chi connectivity index (χ4v) is 5.33. The number of nitrogens with zero attached hydrogens (tertiary/aromatic N) is 7. The zero-order chi connectivity index (χ0) is 31.6. The Bertz CT molecular complexity index is 2210. The molecule has 0 saturated heterocycles. The summed E-state index contributed by atoms with van der Waals surface area (Å²) in [7, 11) is 0. The van der Waals surface area contributed by atoms with Crippen molar-refractivity contribution < 1.29 is 35.7 Å². The van der Waals surface area contributed by atoms with Gasteiger partial charge in [-0.1, -0.05) is 20.8 Å². The van der Waals surface area contributed by atoms with Crippen molar-refractivity contribution in [3.63, 3.8) is 0 Å². The lowest BCUT2D eigenvalue weighted by molar-refractivity contribution is 0.0929. The summed E-state index contributed by atoms with van der Waals surface area (Å²) in [6.07, 6.45) is 8.07. The Labute approximate surface area is 262 Å². The third-order valence-electron chi connectivity index (χ3n) is 6.66. The average Bonchev–Trinajstić information content (AvgIpc) is 3.86. The first-order chi connectivity index (χ1) is 22.2. The zero-order valence-corrected chi connectivity index (χ0v) is 25.4. The van der Waals surface area contributed by atoms with Gasteiger partial charge in [0, 0.05) is 10.5 Å². The third-order valence-corrected chi connectivity index (χ3v) is 8.02. The number of carbonyl (C=O) groups excluding carboxylic acids is 1. The van der Waals surface area contributed by atoms with Gasteiger partial charge in [-0.3, -0.25) is 4.79 Å². The molecule has 7 aromatic rings. The number of hydrogen-bond donors (Lipinski definition) is 1. The van der Waals surface area contributed by atoms with Crippen molar-refractivity contribution in [2.45, 2.75) is 38.5 Å². The van der Waals surface area contributed by atoms with Crippen molar-refractivity contribution in [2.75, 3.05) is 5.75 Å². The number of rotatable bonds is 2. The van der Waals surface area contributed by atoms with Crippen molar-refractivity contribution in [2.24, 2.45) is 0 Å². The lowest BCUT2D eigenvalue weighted by atomic mass is 10.3. The van der Waals surface area contributed by atoms with Crippen LogP contribution in [0.1, 0.15) is 49.0 Å². The minimum Gasteiger partial charge on any atom is -0.443 e. The Morgan fingerprint density at radius 1 is 0.630 bits per heavy atom. The van der Waals surface area contributed by atoms with Crippen LogP contribution in [0.5, 0.6) is 0 Å². The molecular formula is C29H22N8O8S. The molecule has 232 valence electrons. The second-order valence-corrected chi connectivity index (χ2v) is 13.0. The van der Waals surface area contributed by atoms with Crippen LogP contribution in [0.4, 0.5) is 0 Å². The monoisotopic (exact) mass is 642 g/mol. The van der Waals surface area contributed by atoms with Crippen LogP contribution in [0, 0.1) is 6.92 Å². The number of hydrogen-bond acceptors (Lipinski definition) is 16. The summed E-state index contributed by atoms with van der Waals surface area (Å²) in [5.41, 5.74) is 1.84. The van der Waals surface area contributed by atoms with E-state index in [1.165, 1.54) is 37.6 Å². The van der Waals surface area contributed by atoms with E-state index in [1.54, 1.807) is 18.7 Å². The molecule has 0 aromatic carbocycles. The molecule has 1 aliphatic heterocycles. The van der Waals surface area contributed by atoms with Gasteiger partial charge < -0.3 is 36.2 Å². The minimum absolute atomic E-state index is 0.0245. The Morgan fingerprint density at radius 2 is 1.02 bits per heavy atom. The molecule has 7 aromatic heterocycles. The van der Waals surface area contributed by atoms with Crippen molar-refractivity contribution >= 4 is 17.7 Å². The highest BCUT2D eigenvalue weighted by Crippen LogP contribution is 2.34. The summed E-state index contributed by atoms with van der Waals surface area (Å²) < 4.78 is 39.7. The van der Waals surface area contributed by atoms with E-state index < -0.39 is 11.9 Å². The van der Waals surface area contributed by atoms with Crippen LogP contribution >= 0.6 is 11.8 Å². The Morgan fingerprint density at radius 3 is 1.48 bits per heavy atom. The number of aromatic nitrogens is 7. The van der Waals surface area contributed by atoms with Gasteiger partial charge in [0.2, 0.25) is 41.2 Å². The van der Waals surface area contributed by atoms with E-state index in [0.717, 1.165) is 0 Å². The standard InChI is InChI=1S/C29H22N8O8S/c1-12-20-28-36-18(10-44-28)26-35-17(9-43-26)25-34-16(8-42-25)24-33-15(7-41-24)23-32-14(6-40-23)22-31-13(5-39-22)21(38)30-19(27(37-20)45-12)11-46-29(2,3)4/h5-10,19H,11H2,1-4H3,(H,30,38)/t19-/m0/s1. The zero-order valence-electron chi connectivity index (χ0n) is 24.6. The molecule has 1 atom stereocenters. The number of fused-ring (bicyclic) bond motifs is 20. The lowest BCUT2D eigenvalue weighted by Gasteiger charge is -2.21. The molecule has 1 amide bonds. The molecule has 1 aliphatic rings. The smallest absolute Gasteiger partial charge is 0.273 e. The third kappa shape index (κ3) is 5.09. The summed E-state index contributed by atoms with van der Waals surface area (Å²) >= 11 is 1.63. The van der Waals surface area contributed by atoms with Crippen LogP contribution < -0.4 is 5.32 Å². The highest BCUT2D eigenvalue weighted by Gasteiger charge is 2.29. The number of amides is 1. The van der Waals surface area contributed by atoms with Gasteiger partial charge in [-0.15, -0.1) is 0 Å². The first-order valence-electron chi connectivity index (χ1n) is 13.8. The van der Waals surface area contributed by atoms with Crippen LogP contribution in [0.25, 0.3) is 69.5 Å². The molecule has 0 fully saturated rings. The van der Waals surface area contributed by atoms with E-state index in [4.69, 9.17) is 30.9 Å². The summed E-state index contributed by atoms with van der Waals surface area (Å²) in [5.74, 6) is 1.52. The molecule has 17 heteroatoms. The van der Waals surface area contributed by atoms with E-state index >= 15 is 0 Å². The van der Waals surface area contributed by atoms with Crippen LogP contribution in [-0.4, -0.2) is 51.3 Å². The minimum atomic E-state index is -0.635. The Kier molecular flexibility index (Phi) is 6.31. The molecule has 16 nitrogen and oxygen atoms in total. The van der Waals surface area contributed by atoms with E-state index in [9.17, 15) is 4.79 Å². The predicted octanol–water partition coefficient (Wildman–Crippen LogP) is 6.23. The fraction of sp³-hybridized carbons (Fsp3) is 0.241. The average molecular weight is 643 g/mol. The van der Waals surface area contributed by atoms with Crippen molar-refractivity contribution in [1.82, 2.24) is 40.2 Å². The summed E-state index contributed by atoms with van der Waals surface area (Å²) in [6, 6.07) is -0.635. The maximum absolute atomic E-state index is 13.4. The van der Waals surface area contributed by atoms with Gasteiger partial charge in [0.1, 0.15) is 49.4 Å². The Balaban J connectivity index is 1.21. The van der Waals surface area contributed by atoms with Gasteiger partial charge in [-0.25, -0.2) is 34.9 Å². The first kappa shape index (κ1) is 27.8. The number of nitrogens with one attached hydrogen (secondary N) is 1. The largest absolute Gasteiger partial charge is 0.443 e. The molecular weight excluding hydrogens is 620 g/mol. The maximum atomic E-state index is 13.4. The second kappa shape index (κ2) is 10.4. The molecule has 0 saturated carbocycles. The molecule has 0 spiro atoms. The van der Waals surface area contributed by atoms with Crippen LogP contribution in [0.2, 0.25) is 0 Å². The van der Waals surface area contributed by atoms with Gasteiger partial charge in [0.15, 0.2) is 39.9 Å². The van der Waals surface area contributed by atoms with Gasteiger partial charge in [-0.2, -0.15) is 11.8 Å². The van der Waals surface area contributed by atoms with Gasteiger partial charge in [-0.05, 0) is 6.92 Å². The first-order valence-corrected chi connectivity index (χ1v) is 14.8. The fourth-order valence-electron chi connectivity index (χ4n) is 4.44. The van der Waals surface area contributed by atoms with Gasteiger partial charge in [0.25, 0.3) is 5.91 Å². The van der Waals surface area contributed by atoms with Crippen molar-refractivity contribution in [3.05, 3.63) is 54.9 Å². The molecule has 1 N–H and O–H groups in total. The van der Waals surface area contributed by atoms with E-state index in [1.807, 2.05) is 0 Å². The van der Waals surface area contributed by atoms with E-state index in [-0.39, 0.29) is 63.1 Å². The molecule has 8 heterocycles. The second-order valence-electron chi connectivity index (χ2n) is 11.1. The van der Waals surface area contributed by atoms with Crippen molar-refractivity contribution in [1.29, 1.82) is 0 Å². The maximum Gasteiger partial charge on any atom is 0.273 e. The summed E-state index contributed by atoms with van der Waals surface area (Å²) in [6.45, 7) is 7.95. The Hall–Kier alpha value is -5.71. The molecule has 0 radical (unpaired) electrons. The number of aryl methyl sites for hydroxylation is 1. The molecule has 0 unspecified atom stereocenters. The highest BCUT2D eigenvalue weighted by molar-refractivity contribution is 8.00. The molecule has 0 aliphatic carbocycles. The summed E-state index contributed by atoms with van der Waals surface area (Å²) in [4.78, 5) is 44.6. The van der Waals surface area contributed by atoms with Crippen LogP contribution in [0.3, 0.4) is 0 Å². The molecule has 14 bridgehead atoms. The van der Waals surface area contributed by atoms with Gasteiger partial charge in [0.05, 0.1) is 0 Å². The molecule has 46 heavy (non-hydrogen) atoms. The van der Waals surface area contributed by atoms with E-state index in [0.29, 0.717) is 34.3 Å². The SMILES string of the molecule is Cc1oc2nc1-c1nc(co1)-c1nc(co1)-c1nc(co1)-c1nc(co1)-c1nc(co1)-c1nc(co1)C(=O)N[C@H]2CSC(C)(C)C. The normalized spacial score (nSPS) is 14.7. The van der Waals surface area contributed by atoms with Crippen molar-refractivity contribution in [3.8, 4) is 69.5 Å².